The number of rotatable bonds is 16. The number of carbonyl (C=O) groups is 2. The summed E-state index contributed by atoms with van der Waals surface area (Å²) in [5, 5.41) is 22.8. The smallest absolute Gasteiger partial charge is 0.293 e. The molecule has 3 aliphatic carbocycles. The van der Waals surface area contributed by atoms with Gasteiger partial charge in [-0.05, 0) is 85.8 Å². The number of aliphatic imine (C=N–C) groups is 1. The monoisotopic (exact) mass is 896 g/mol. The van der Waals surface area contributed by atoms with Gasteiger partial charge < -0.3 is 20.3 Å². The summed E-state index contributed by atoms with van der Waals surface area (Å²) in [4.78, 5) is 34.5. The van der Waals surface area contributed by atoms with E-state index in [0.717, 1.165) is 42.5 Å². The van der Waals surface area contributed by atoms with Crippen molar-refractivity contribution in [1.29, 1.82) is 5.41 Å². The molecule has 2 fully saturated rings. The van der Waals surface area contributed by atoms with Crippen LogP contribution in [0, 0.1) is 23.0 Å². The molecule has 3 aromatic carbocycles. The lowest BCUT2D eigenvalue weighted by Crippen LogP contribution is -2.48. The van der Waals surface area contributed by atoms with Crippen LogP contribution in [0.5, 0.6) is 0 Å². The Morgan fingerprint density at radius 1 is 1.11 bits per heavy atom. The van der Waals surface area contributed by atoms with Gasteiger partial charge in [-0.3, -0.25) is 29.4 Å². The largest absolute Gasteiger partial charge is 0.386 e. The SMILES string of the molecule is C=Nc1cc(-c2cnn(C3CC3)c2)ccc1C(=O)N(CC(Cc1cc(F)cc(F)c1)NC(=O)Cn1nc(C(F)F)c2c1C(F)(F)C1C[C@H]21)c1ccc(Cl)c(C(=N)NSC)c1NC. The summed E-state index contributed by atoms with van der Waals surface area (Å²) in [6.45, 7) is 2.37. The van der Waals surface area contributed by atoms with Crippen molar-refractivity contribution in [2.45, 2.75) is 62.6 Å². The molecule has 0 spiro atoms. The van der Waals surface area contributed by atoms with E-state index in [1.54, 1.807) is 37.7 Å². The van der Waals surface area contributed by atoms with Gasteiger partial charge in [-0.15, -0.1) is 0 Å². The molecular formula is C42H39ClF6N10O2S. The lowest BCUT2D eigenvalue weighted by molar-refractivity contribution is -0.122. The molecule has 0 aliphatic heterocycles. The van der Waals surface area contributed by atoms with Crippen LogP contribution in [-0.2, 0) is 23.7 Å². The van der Waals surface area contributed by atoms with Crippen LogP contribution in [0.2, 0.25) is 5.02 Å². The first-order valence-electron chi connectivity index (χ1n) is 19.5. The van der Waals surface area contributed by atoms with Crippen molar-refractivity contribution in [2.24, 2.45) is 10.9 Å². The van der Waals surface area contributed by atoms with E-state index in [2.05, 4.69) is 37.3 Å². The molecule has 3 atom stereocenters. The number of hydrogen-bond acceptors (Lipinski definition) is 8. The molecule has 4 N–H and O–H groups in total. The first-order chi connectivity index (χ1) is 29.6. The summed E-state index contributed by atoms with van der Waals surface area (Å²) in [6, 6.07) is 9.75. The van der Waals surface area contributed by atoms with E-state index in [0.29, 0.717) is 22.4 Å². The molecule has 12 nitrogen and oxygen atoms in total. The lowest BCUT2D eigenvalue weighted by Gasteiger charge is -2.31. The summed E-state index contributed by atoms with van der Waals surface area (Å²) >= 11 is 7.77. The number of halogens is 7. The number of amides is 2. The molecule has 5 aromatic rings. The highest BCUT2D eigenvalue weighted by atomic mass is 35.5. The number of fused-ring (bicyclic) bond motifs is 3. The van der Waals surface area contributed by atoms with Crippen LogP contribution >= 0.6 is 23.5 Å². The van der Waals surface area contributed by atoms with Crippen molar-refractivity contribution in [2.75, 3.05) is 30.1 Å². The van der Waals surface area contributed by atoms with Gasteiger partial charge in [0.2, 0.25) is 5.91 Å². The third-order valence-electron chi connectivity index (χ3n) is 11.3. The Hall–Kier alpha value is -5.82. The minimum Gasteiger partial charge on any atom is -0.386 e. The van der Waals surface area contributed by atoms with Crippen molar-refractivity contribution in [3.8, 4) is 11.1 Å². The normalized spacial score (nSPS) is 17.6. The van der Waals surface area contributed by atoms with E-state index in [9.17, 15) is 22.4 Å². The van der Waals surface area contributed by atoms with Gasteiger partial charge in [0.1, 0.15) is 35.4 Å². The van der Waals surface area contributed by atoms with E-state index < -0.39 is 78.2 Å². The van der Waals surface area contributed by atoms with Gasteiger partial charge in [0.05, 0.1) is 51.5 Å². The lowest BCUT2D eigenvalue weighted by atomic mass is 10.0. The van der Waals surface area contributed by atoms with Crippen molar-refractivity contribution in [3.05, 3.63) is 111 Å². The third kappa shape index (κ3) is 8.14. The highest BCUT2D eigenvalue weighted by molar-refractivity contribution is 7.97. The number of nitrogens with zero attached hydrogens (tertiary/aromatic N) is 6. The average Bonchev–Trinajstić information content (AvgIpc) is 4.13. The van der Waals surface area contributed by atoms with E-state index in [-0.39, 0.29) is 63.0 Å². The summed E-state index contributed by atoms with van der Waals surface area (Å²) in [5.74, 6) is -9.06. The molecule has 0 saturated heterocycles. The fraction of sp³-hybridized carbons (Fsp3) is 0.333. The molecule has 2 heterocycles. The van der Waals surface area contributed by atoms with Crippen LogP contribution in [0.25, 0.3) is 11.1 Å². The quantitative estimate of drug-likeness (QED) is 0.0336. The molecule has 0 radical (unpaired) electrons. The number of carbonyl (C=O) groups excluding carboxylic acids is 2. The summed E-state index contributed by atoms with van der Waals surface area (Å²) in [6.07, 6.45) is 3.91. The van der Waals surface area contributed by atoms with E-state index in [1.165, 1.54) is 17.0 Å². The van der Waals surface area contributed by atoms with Crippen LogP contribution in [0.1, 0.15) is 76.1 Å². The number of benzene rings is 3. The molecule has 2 saturated carbocycles. The molecule has 0 bridgehead atoms. The van der Waals surface area contributed by atoms with Crippen LogP contribution in [-0.4, -0.2) is 69.8 Å². The number of amidine groups is 1. The first kappa shape index (κ1) is 42.9. The van der Waals surface area contributed by atoms with Gasteiger partial charge >= 0.3 is 0 Å². The summed E-state index contributed by atoms with van der Waals surface area (Å²) < 4.78 is 93.6. The van der Waals surface area contributed by atoms with Crippen molar-refractivity contribution < 1.29 is 35.9 Å². The van der Waals surface area contributed by atoms with Crippen LogP contribution < -0.4 is 20.3 Å². The number of alkyl halides is 4. The molecule has 62 heavy (non-hydrogen) atoms. The molecule has 2 aromatic heterocycles. The highest BCUT2D eigenvalue weighted by Crippen LogP contribution is 2.68. The fourth-order valence-corrected chi connectivity index (χ4v) is 8.87. The highest BCUT2D eigenvalue weighted by Gasteiger charge is 2.67. The Morgan fingerprint density at radius 3 is 2.52 bits per heavy atom. The molecule has 20 heteroatoms. The first-order valence-corrected chi connectivity index (χ1v) is 21.1. The predicted octanol–water partition coefficient (Wildman–Crippen LogP) is 8.80. The topological polar surface area (TPSA) is 145 Å². The maximum absolute atomic E-state index is 15.4. The second-order valence-electron chi connectivity index (χ2n) is 15.4. The Balaban J connectivity index is 1.20. The Labute approximate surface area is 360 Å². The summed E-state index contributed by atoms with van der Waals surface area (Å²) in [7, 11) is 1.55. The zero-order valence-electron chi connectivity index (χ0n) is 33.2. The van der Waals surface area contributed by atoms with Crippen molar-refractivity contribution in [3.63, 3.8) is 0 Å². The minimum absolute atomic E-state index is 0.0263. The number of hydrogen-bond donors (Lipinski definition) is 4. The predicted molar refractivity (Wildman–Crippen MR) is 225 cm³/mol. The average molecular weight is 897 g/mol. The fourth-order valence-electron chi connectivity index (χ4n) is 8.31. The van der Waals surface area contributed by atoms with Crippen LogP contribution in [0.15, 0.2) is 65.9 Å². The Morgan fingerprint density at radius 2 is 1.85 bits per heavy atom. The molecule has 3 aliphatic rings. The van der Waals surface area contributed by atoms with Gasteiger partial charge in [0.15, 0.2) is 0 Å². The number of aromatic nitrogens is 4. The van der Waals surface area contributed by atoms with Crippen molar-refractivity contribution in [1.82, 2.24) is 29.6 Å². The second-order valence-corrected chi connectivity index (χ2v) is 16.4. The summed E-state index contributed by atoms with van der Waals surface area (Å²) in [5.41, 5.74) is 0.526. The van der Waals surface area contributed by atoms with Crippen molar-refractivity contribution >= 4 is 65.0 Å². The van der Waals surface area contributed by atoms with Crippen LogP contribution in [0.4, 0.5) is 43.4 Å². The zero-order chi connectivity index (χ0) is 44.2. The Bertz CT molecular complexity index is 2600. The minimum atomic E-state index is -3.50. The van der Waals surface area contributed by atoms with Gasteiger partial charge in [0.25, 0.3) is 18.3 Å². The zero-order valence-corrected chi connectivity index (χ0v) is 34.7. The third-order valence-corrected chi connectivity index (χ3v) is 12.0. The molecule has 2 amide bonds. The van der Waals surface area contributed by atoms with Crippen LogP contribution in [0.3, 0.4) is 0 Å². The Kier molecular flexibility index (Phi) is 11.6. The maximum Gasteiger partial charge on any atom is 0.293 e. The number of nitrogens with one attached hydrogen (secondary N) is 4. The standard InChI is InChI=1S/C42H39ClF6N10O2S/c1-51-31-13-21(22-16-53-58(17-22)26-5-6-26)4-7-27(31)41(61)57(32-9-8-30(43)35(36(32)52-2)40(50)56-62-3)18-25(12-20-10-23(44)14-24(45)11-20)54-33(60)19-59-38-34(37(55-59)39(46)47)28-15-29(28)42(38,48)49/h4,7-11,13-14,16-17,25-26,28-29,39,52H,1,5-6,12,15,18-19H2,2-3H3,(H2,50,56)(H,54,60)/t25?,28-,29?/m0/s1. The van der Waals surface area contributed by atoms with Gasteiger partial charge in [-0.25, -0.2) is 17.6 Å². The van der Waals surface area contributed by atoms with Gasteiger partial charge in [-0.2, -0.15) is 19.0 Å². The van der Waals surface area contributed by atoms with Gasteiger partial charge in [-0.1, -0.05) is 29.6 Å². The molecular weight excluding hydrogens is 858 g/mol. The number of anilines is 2. The van der Waals surface area contributed by atoms with E-state index in [1.807, 2.05) is 10.9 Å². The maximum atomic E-state index is 15.4. The molecule has 2 unspecified atom stereocenters. The molecule has 324 valence electrons. The van der Waals surface area contributed by atoms with Gasteiger partial charge in [0, 0.05) is 49.2 Å². The second kappa shape index (κ2) is 16.8. The van der Waals surface area contributed by atoms with E-state index in [4.69, 9.17) is 17.0 Å². The van der Waals surface area contributed by atoms with E-state index >= 15 is 13.6 Å². The molecule has 8 rings (SSSR count).